The van der Waals surface area contributed by atoms with Gasteiger partial charge in [-0.25, -0.2) is 0 Å². The van der Waals surface area contributed by atoms with E-state index in [1.54, 1.807) is 7.11 Å². The van der Waals surface area contributed by atoms with Crippen LogP contribution in [0.25, 0.3) is 10.1 Å². The number of thiophene rings is 1. The average molecular weight is 178 g/mol. The maximum absolute atomic E-state index is 5.14. The maximum atomic E-state index is 5.14. The lowest BCUT2D eigenvalue weighted by Gasteiger charge is -1.97. The number of rotatable bonds is 1. The lowest BCUT2D eigenvalue weighted by atomic mass is 10.2. The van der Waals surface area contributed by atoms with Crippen molar-refractivity contribution in [1.82, 2.24) is 0 Å². The SMILES string of the molecule is COc1ccc2sc(C)cc2c1. The molecule has 1 aromatic heterocycles. The van der Waals surface area contributed by atoms with Gasteiger partial charge in [-0.15, -0.1) is 11.3 Å². The van der Waals surface area contributed by atoms with Crippen molar-refractivity contribution < 1.29 is 4.74 Å². The van der Waals surface area contributed by atoms with Crippen molar-refractivity contribution in [2.75, 3.05) is 7.11 Å². The van der Waals surface area contributed by atoms with E-state index in [2.05, 4.69) is 25.1 Å². The molecule has 0 saturated heterocycles. The Hall–Kier alpha value is -1.02. The van der Waals surface area contributed by atoms with Gasteiger partial charge in [-0.3, -0.25) is 0 Å². The van der Waals surface area contributed by atoms with Gasteiger partial charge in [0.05, 0.1) is 7.11 Å². The normalized spacial score (nSPS) is 10.5. The van der Waals surface area contributed by atoms with Gasteiger partial charge in [0.15, 0.2) is 0 Å². The number of benzene rings is 1. The van der Waals surface area contributed by atoms with Gasteiger partial charge < -0.3 is 4.74 Å². The molecule has 0 radical (unpaired) electrons. The summed E-state index contributed by atoms with van der Waals surface area (Å²) in [6.45, 7) is 2.12. The first-order valence-corrected chi connectivity index (χ1v) is 4.65. The summed E-state index contributed by atoms with van der Waals surface area (Å²) >= 11 is 1.82. The number of ether oxygens (including phenoxy) is 1. The van der Waals surface area contributed by atoms with Crippen LogP contribution in [0.2, 0.25) is 0 Å². The first-order chi connectivity index (χ1) is 5.79. The molecular weight excluding hydrogens is 168 g/mol. The summed E-state index contributed by atoms with van der Waals surface area (Å²) in [5, 5.41) is 1.27. The highest BCUT2D eigenvalue weighted by Crippen LogP contribution is 2.27. The molecule has 0 bridgehead atoms. The van der Waals surface area contributed by atoms with Gasteiger partial charge in [0, 0.05) is 9.58 Å². The van der Waals surface area contributed by atoms with Crippen molar-refractivity contribution in [3.63, 3.8) is 0 Å². The highest BCUT2D eigenvalue weighted by molar-refractivity contribution is 7.19. The predicted molar refractivity (Wildman–Crippen MR) is 53.1 cm³/mol. The molecule has 2 heteroatoms. The standard InChI is InChI=1S/C10H10OS/c1-7-5-8-6-9(11-2)3-4-10(8)12-7/h3-6H,1-2H3. The van der Waals surface area contributed by atoms with Crippen molar-refractivity contribution in [2.24, 2.45) is 0 Å². The molecule has 0 aliphatic carbocycles. The number of hydrogen-bond donors (Lipinski definition) is 0. The van der Waals surface area contributed by atoms with Gasteiger partial charge in [0.1, 0.15) is 5.75 Å². The van der Waals surface area contributed by atoms with Crippen LogP contribution < -0.4 is 4.74 Å². The molecule has 1 aromatic carbocycles. The Morgan fingerprint density at radius 1 is 1.25 bits per heavy atom. The Morgan fingerprint density at radius 3 is 2.83 bits per heavy atom. The van der Waals surface area contributed by atoms with Crippen LogP contribution in [0.15, 0.2) is 24.3 Å². The molecule has 0 spiro atoms. The number of fused-ring (bicyclic) bond motifs is 1. The average Bonchev–Trinajstić information content (AvgIpc) is 2.43. The Kier molecular flexibility index (Phi) is 1.77. The molecule has 0 amide bonds. The first kappa shape index (κ1) is 7.62. The fourth-order valence-electron chi connectivity index (χ4n) is 1.28. The second-order valence-electron chi connectivity index (χ2n) is 2.76. The van der Waals surface area contributed by atoms with Gasteiger partial charge in [0.25, 0.3) is 0 Å². The smallest absolute Gasteiger partial charge is 0.119 e. The predicted octanol–water partition coefficient (Wildman–Crippen LogP) is 3.22. The van der Waals surface area contributed by atoms with E-state index in [9.17, 15) is 0 Å². The van der Waals surface area contributed by atoms with E-state index < -0.39 is 0 Å². The number of aryl methyl sites for hydroxylation is 1. The van der Waals surface area contributed by atoms with E-state index in [1.165, 1.54) is 15.0 Å². The summed E-state index contributed by atoms with van der Waals surface area (Å²) < 4.78 is 6.46. The first-order valence-electron chi connectivity index (χ1n) is 3.84. The molecule has 0 atom stereocenters. The maximum Gasteiger partial charge on any atom is 0.119 e. The van der Waals surface area contributed by atoms with Gasteiger partial charge in [0.2, 0.25) is 0 Å². The Morgan fingerprint density at radius 2 is 2.08 bits per heavy atom. The van der Waals surface area contributed by atoms with E-state index in [4.69, 9.17) is 4.74 Å². The van der Waals surface area contributed by atoms with Crippen molar-refractivity contribution in [3.8, 4) is 5.75 Å². The van der Waals surface area contributed by atoms with E-state index in [0.717, 1.165) is 5.75 Å². The zero-order chi connectivity index (χ0) is 8.55. The van der Waals surface area contributed by atoms with E-state index in [-0.39, 0.29) is 0 Å². The van der Waals surface area contributed by atoms with Gasteiger partial charge in [-0.05, 0) is 36.6 Å². The Bertz CT molecular complexity index is 403. The third-order valence-electron chi connectivity index (χ3n) is 1.85. The lowest BCUT2D eigenvalue weighted by Crippen LogP contribution is -1.79. The second-order valence-corrected chi connectivity index (χ2v) is 4.05. The zero-order valence-electron chi connectivity index (χ0n) is 7.13. The van der Waals surface area contributed by atoms with Crippen molar-refractivity contribution >= 4 is 21.4 Å². The zero-order valence-corrected chi connectivity index (χ0v) is 7.94. The van der Waals surface area contributed by atoms with Crippen molar-refractivity contribution in [2.45, 2.75) is 6.92 Å². The van der Waals surface area contributed by atoms with Crippen LogP contribution in [0.3, 0.4) is 0 Å². The summed E-state index contributed by atoms with van der Waals surface area (Å²) in [6.07, 6.45) is 0. The fourth-order valence-corrected chi connectivity index (χ4v) is 2.19. The van der Waals surface area contributed by atoms with E-state index >= 15 is 0 Å². The molecule has 0 aliphatic rings. The molecule has 1 nitrogen and oxygen atoms in total. The van der Waals surface area contributed by atoms with Gasteiger partial charge in [-0.2, -0.15) is 0 Å². The summed E-state index contributed by atoms with van der Waals surface area (Å²) in [7, 11) is 1.69. The third kappa shape index (κ3) is 1.18. The van der Waals surface area contributed by atoms with E-state index in [1.807, 2.05) is 17.4 Å². The fraction of sp³-hybridized carbons (Fsp3) is 0.200. The van der Waals surface area contributed by atoms with Gasteiger partial charge >= 0.3 is 0 Å². The van der Waals surface area contributed by atoms with Crippen LogP contribution in [0.5, 0.6) is 5.75 Å². The summed E-state index contributed by atoms with van der Waals surface area (Å²) in [4.78, 5) is 1.35. The monoisotopic (exact) mass is 178 g/mol. The van der Waals surface area contributed by atoms with Crippen LogP contribution in [0.1, 0.15) is 4.88 Å². The molecule has 62 valence electrons. The highest BCUT2D eigenvalue weighted by Gasteiger charge is 1.98. The molecule has 0 fully saturated rings. The molecule has 12 heavy (non-hydrogen) atoms. The number of methoxy groups -OCH3 is 1. The molecule has 2 rings (SSSR count). The van der Waals surface area contributed by atoms with Crippen LogP contribution in [-0.4, -0.2) is 7.11 Å². The summed E-state index contributed by atoms with van der Waals surface area (Å²) in [6, 6.07) is 8.35. The van der Waals surface area contributed by atoms with Crippen molar-refractivity contribution in [3.05, 3.63) is 29.1 Å². The van der Waals surface area contributed by atoms with Crippen LogP contribution >= 0.6 is 11.3 Å². The molecule has 1 heterocycles. The topological polar surface area (TPSA) is 9.23 Å². The third-order valence-corrected chi connectivity index (χ3v) is 2.88. The second kappa shape index (κ2) is 2.79. The molecule has 0 aliphatic heterocycles. The largest absolute Gasteiger partial charge is 0.497 e. The Balaban J connectivity index is 2.66. The summed E-state index contributed by atoms with van der Waals surface area (Å²) in [5.41, 5.74) is 0. The number of hydrogen-bond acceptors (Lipinski definition) is 2. The van der Waals surface area contributed by atoms with Crippen LogP contribution in [0, 0.1) is 6.92 Å². The highest BCUT2D eigenvalue weighted by atomic mass is 32.1. The molecular formula is C10H10OS. The quantitative estimate of drug-likeness (QED) is 0.651. The van der Waals surface area contributed by atoms with E-state index in [0.29, 0.717) is 0 Å². The molecule has 2 aromatic rings. The van der Waals surface area contributed by atoms with Crippen LogP contribution in [-0.2, 0) is 0 Å². The molecule has 0 N–H and O–H groups in total. The minimum Gasteiger partial charge on any atom is -0.497 e. The van der Waals surface area contributed by atoms with Gasteiger partial charge in [-0.1, -0.05) is 0 Å². The molecule has 0 unspecified atom stereocenters. The summed E-state index contributed by atoms with van der Waals surface area (Å²) in [5.74, 6) is 0.931. The minimum atomic E-state index is 0.931. The van der Waals surface area contributed by atoms with Crippen molar-refractivity contribution in [1.29, 1.82) is 0 Å². The minimum absolute atomic E-state index is 0.931. The molecule has 0 saturated carbocycles. The lowest BCUT2D eigenvalue weighted by molar-refractivity contribution is 0.415. The Labute approximate surface area is 75.6 Å². The van der Waals surface area contributed by atoms with Crippen LogP contribution in [0.4, 0.5) is 0 Å².